The van der Waals surface area contributed by atoms with Crippen LogP contribution in [-0.2, 0) is 12.0 Å². The fraction of sp³-hybridized carbons (Fsp3) is 0.467. The maximum Gasteiger partial charge on any atom is 0.258 e. The summed E-state index contributed by atoms with van der Waals surface area (Å²) in [6, 6.07) is 7.60. The lowest BCUT2D eigenvalue weighted by molar-refractivity contribution is 0.102. The molecule has 1 aromatic carbocycles. The van der Waals surface area contributed by atoms with Gasteiger partial charge in [-0.25, -0.2) is 4.68 Å². The number of aryl methyl sites for hydroxylation is 1. The zero-order chi connectivity index (χ0) is 15.5. The summed E-state index contributed by atoms with van der Waals surface area (Å²) < 4.78 is 1.58. The number of carbonyl (C=O) groups excluding carboxylic acids is 1. The predicted molar refractivity (Wildman–Crippen MR) is 81.2 cm³/mol. The lowest BCUT2D eigenvalue weighted by Crippen LogP contribution is -2.17. The minimum Gasteiger partial charge on any atom is -0.289 e. The third kappa shape index (κ3) is 3.65. The maximum absolute atomic E-state index is 12.2. The molecule has 6 heteroatoms. The van der Waals surface area contributed by atoms with Gasteiger partial charge in [-0.05, 0) is 40.0 Å². The number of hydrogen-bond acceptors (Lipinski definition) is 4. The highest BCUT2D eigenvalue weighted by Gasteiger charge is 2.15. The zero-order valence-corrected chi connectivity index (χ0v) is 12.9. The Morgan fingerprint density at radius 2 is 1.90 bits per heavy atom. The van der Waals surface area contributed by atoms with E-state index in [-0.39, 0.29) is 11.3 Å². The van der Waals surface area contributed by atoms with Gasteiger partial charge in [0.05, 0.1) is 0 Å². The molecular formula is C15H21N5O. The molecule has 0 fully saturated rings. The fourth-order valence-corrected chi connectivity index (χ4v) is 1.95. The van der Waals surface area contributed by atoms with Crippen molar-refractivity contribution in [2.24, 2.45) is 0 Å². The molecule has 0 aliphatic carbocycles. The molecule has 1 N–H and O–H groups in total. The summed E-state index contributed by atoms with van der Waals surface area (Å²) in [5.41, 5.74) is 1.85. The van der Waals surface area contributed by atoms with Crippen molar-refractivity contribution in [1.29, 1.82) is 0 Å². The topological polar surface area (TPSA) is 72.7 Å². The van der Waals surface area contributed by atoms with Gasteiger partial charge in [0.1, 0.15) is 0 Å². The van der Waals surface area contributed by atoms with Gasteiger partial charge in [0.2, 0.25) is 5.95 Å². The minimum atomic E-state index is -0.206. The Labute approximate surface area is 124 Å². The number of nitrogens with one attached hydrogen (secondary N) is 1. The Morgan fingerprint density at radius 1 is 1.24 bits per heavy atom. The van der Waals surface area contributed by atoms with Crippen molar-refractivity contribution in [2.75, 3.05) is 5.32 Å². The smallest absolute Gasteiger partial charge is 0.258 e. The normalized spacial score (nSPS) is 11.4. The molecule has 2 aromatic rings. The van der Waals surface area contributed by atoms with Crippen LogP contribution in [0.4, 0.5) is 5.95 Å². The second-order valence-corrected chi connectivity index (χ2v) is 6.01. The number of anilines is 1. The summed E-state index contributed by atoms with van der Waals surface area (Å²) in [4.78, 5) is 12.2. The van der Waals surface area contributed by atoms with Crippen LogP contribution in [-0.4, -0.2) is 26.1 Å². The van der Waals surface area contributed by atoms with Crippen LogP contribution in [0, 0.1) is 0 Å². The molecular weight excluding hydrogens is 266 g/mol. The van der Waals surface area contributed by atoms with Crippen LogP contribution in [0.5, 0.6) is 0 Å². The molecule has 0 unspecified atom stereocenters. The summed E-state index contributed by atoms with van der Waals surface area (Å²) in [6.45, 7) is 9.12. The van der Waals surface area contributed by atoms with E-state index >= 15 is 0 Å². The third-order valence-corrected chi connectivity index (χ3v) is 3.21. The lowest BCUT2D eigenvalue weighted by atomic mass is 9.87. The summed E-state index contributed by atoms with van der Waals surface area (Å²) in [5.74, 6) is 0.171. The number of rotatable bonds is 4. The molecule has 0 spiro atoms. The molecule has 0 aliphatic rings. The number of hydrogen-bond donors (Lipinski definition) is 1. The van der Waals surface area contributed by atoms with Crippen molar-refractivity contribution in [3.63, 3.8) is 0 Å². The summed E-state index contributed by atoms with van der Waals surface area (Å²) in [7, 11) is 0. The monoisotopic (exact) mass is 287 g/mol. The Hall–Kier alpha value is -2.24. The van der Waals surface area contributed by atoms with E-state index < -0.39 is 0 Å². The van der Waals surface area contributed by atoms with Crippen molar-refractivity contribution in [2.45, 2.75) is 46.1 Å². The second-order valence-electron chi connectivity index (χ2n) is 6.01. The van der Waals surface area contributed by atoms with Crippen molar-refractivity contribution >= 4 is 11.9 Å². The average Bonchev–Trinajstić information content (AvgIpc) is 2.86. The second kappa shape index (κ2) is 6.03. The molecule has 0 aliphatic heterocycles. The van der Waals surface area contributed by atoms with Gasteiger partial charge in [0, 0.05) is 12.1 Å². The van der Waals surface area contributed by atoms with Gasteiger partial charge in [-0.1, -0.05) is 44.9 Å². The van der Waals surface area contributed by atoms with Crippen LogP contribution in [0.1, 0.15) is 50.0 Å². The first kappa shape index (κ1) is 15.2. The van der Waals surface area contributed by atoms with E-state index in [2.05, 4.69) is 41.6 Å². The Bertz CT molecular complexity index is 610. The van der Waals surface area contributed by atoms with Crippen LogP contribution >= 0.6 is 0 Å². The zero-order valence-electron chi connectivity index (χ0n) is 12.9. The number of benzene rings is 1. The van der Waals surface area contributed by atoms with E-state index in [4.69, 9.17) is 0 Å². The molecule has 21 heavy (non-hydrogen) atoms. The first-order valence-corrected chi connectivity index (χ1v) is 7.10. The number of nitrogens with zero attached hydrogens (tertiary/aromatic N) is 4. The minimum absolute atomic E-state index is 0.0697. The fourth-order valence-electron chi connectivity index (χ4n) is 1.95. The Balaban J connectivity index is 2.11. The van der Waals surface area contributed by atoms with Crippen LogP contribution < -0.4 is 5.32 Å². The molecule has 6 nitrogen and oxygen atoms in total. The van der Waals surface area contributed by atoms with E-state index in [0.29, 0.717) is 18.1 Å². The van der Waals surface area contributed by atoms with Gasteiger partial charge < -0.3 is 0 Å². The van der Waals surface area contributed by atoms with Gasteiger partial charge in [0.15, 0.2) is 0 Å². The largest absolute Gasteiger partial charge is 0.289 e. The van der Waals surface area contributed by atoms with Crippen molar-refractivity contribution < 1.29 is 4.79 Å². The van der Waals surface area contributed by atoms with Gasteiger partial charge in [-0.2, -0.15) is 0 Å². The van der Waals surface area contributed by atoms with Gasteiger partial charge in [-0.3, -0.25) is 10.1 Å². The van der Waals surface area contributed by atoms with E-state index in [9.17, 15) is 4.79 Å². The first-order valence-electron chi connectivity index (χ1n) is 7.10. The number of aromatic nitrogens is 4. The van der Waals surface area contributed by atoms with E-state index in [1.165, 1.54) is 5.56 Å². The van der Waals surface area contributed by atoms with Gasteiger partial charge >= 0.3 is 0 Å². The standard InChI is InChI=1S/C15H21N5O/c1-5-10-20-14(17-18-19-20)16-13(21)11-6-8-12(9-7-11)15(2,3)4/h6-9H,5,10H2,1-4H3,(H,16,17,19,21). The van der Waals surface area contributed by atoms with E-state index in [1.54, 1.807) is 4.68 Å². The van der Waals surface area contributed by atoms with Crippen molar-refractivity contribution in [1.82, 2.24) is 20.2 Å². The average molecular weight is 287 g/mol. The molecule has 2 rings (SSSR count). The predicted octanol–water partition coefficient (Wildman–Crippen LogP) is 2.63. The summed E-state index contributed by atoms with van der Waals surface area (Å²) in [5, 5.41) is 14.0. The molecule has 0 radical (unpaired) electrons. The van der Waals surface area contributed by atoms with Crippen molar-refractivity contribution in [3.8, 4) is 0 Å². The number of tetrazole rings is 1. The highest BCUT2D eigenvalue weighted by Crippen LogP contribution is 2.22. The highest BCUT2D eigenvalue weighted by molar-refractivity contribution is 6.03. The lowest BCUT2D eigenvalue weighted by Gasteiger charge is -2.19. The van der Waals surface area contributed by atoms with Crippen molar-refractivity contribution in [3.05, 3.63) is 35.4 Å². The molecule has 1 aromatic heterocycles. The van der Waals surface area contributed by atoms with Gasteiger partial charge in [-0.15, -0.1) is 0 Å². The third-order valence-electron chi connectivity index (χ3n) is 3.21. The van der Waals surface area contributed by atoms with Gasteiger partial charge in [0.25, 0.3) is 5.91 Å². The maximum atomic E-state index is 12.2. The molecule has 1 heterocycles. The number of carbonyl (C=O) groups is 1. The highest BCUT2D eigenvalue weighted by atomic mass is 16.1. The molecule has 0 saturated heterocycles. The molecule has 0 saturated carbocycles. The molecule has 0 bridgehead atoms. The quantitative estimate of drug-likeness (QED) is 0.938. The SMILES string of the molecule is CCCn1nnnc1NC(=O)c1ccc(C(C)(C)C)cc1. The molecule has 0 atom stereocenters. The van der Waals surface area contributed by atoms with Crippen LogP contribution in [0.2, 0.25) is 0 Å². The van der Waals surface area contributed by atoms with E-state index in [1.807, 2.05) is 31.2 Å². The summed E-state index contributed by atoms with van der Waals surface area (Å²) in [6.07, 6.45) is 0.897. The Morgan fingerprint density at radius 3 is 2.48 bits per heavy atom. The molecule has 112 valence electrons. The number of amides is 1. The summed E-state index contributed by atoms with van der Waals surface area (Å²) >= 11 is 0. The van der Waals surface area contributed by atoms with Crippen LogP contribution in [0.3, 0.4) is 0 Å². The Kier molecular flexibility index (Phi) is 4.35. The van der Waals surface area contributed by atoms with Crippen LogP contribution in [0.15, 0.2) is 24.3 Å². The van der Waals surface area contributed by atoms with E-state index in [0.717, 1.165) is 6.42 Å². The van der Waals surface area contributed by atoms with Crippen LogP contribution in [0.25, 0.3) is 0 Å². The first-order chi connectivity index (χ1) is 9.91. The molecule has 1 amide bonds.